The van der Waals surface area contributed by atoms with Gasteiger partial charge in [0.1, 0.15) is 0 Å². The molecule has 0 radical (unpaired) electrons. The Morgan fingerprint density at radius 2 is 2.46 bits per heavy atom. The highest BCUT2D eigenvalue weighted by molar-refractivity contribution is 5.95. The van der Waals surface area contributed by atoms with E-state index in [4.69, 9.17) is 12.2 Å². The van der Waals surface area contributed by atoms with Crippen LogP contribution in [0.2, 0.25) is 0 Å². The van der Waals surface area contributed by atoms with Crippen LogP contribution in [0.1, 0.15) is 10.5 Å². The molecule has 0 aliphatic rings. The van der Waals surface area contributed by atoms with Crippen molar-refractivity contribution in [2.24, 2.45) is 0 Å². The number of carbonyl (C=O) groups excluding carboxylic acids is 1. The fourth-order valence-corrected chi connectivity index (χ4v) is 0.733. The topological polar surface area (TPSA) is 85.2 Å². The number of nitrogens with two attached hydrogens (primary N) is 1. The van der Waals surface area contributed by atoms with E-state index in [0.29, 0.717) is 0 Å². The van der Waals surface area contributed by atoms with Crippen molar-refractivity contribution in [1.29, 1.82) is 0 Å². The molecule has 0 spiro atoms. The predicted octanol–water partition coefficient (Wildman–Crippen LogP) is -0.643. The van der Waals surface area contributed by atoms with Crippen molar-refractivity contribution in [3.8, 4) is 12.3 Å². The molecule has 0 aliphatic carbocycles. The lowest BCUT2D eigenvalue weighted by Gasteiger charge is -2.10. The maximum atomic E-state index is 11.4. The van der Waals surface area contributed by atoms with E-state index in [1.165, 1.54) is 11.9 Å². The molecular formula is C7H8N4O2. The molecular weight excluding hydrogens is 172 g/mol. The van der Waals surface area contributed by atoms with Crippen LogP contribution in [-0.2, 0) is 0 Å². The highest BCUT2D eigenvalue weighted by atomic mass is 16.6. The van der Waals surface area contributed by atoms with Crippen LogP contribution < -0.4 is 5.73 Å². The maximum absolute atomic E-state index is 11.4. The summed E-state index contributed by atoms with van der Waals surface area (Å²) in [7, 11) is 1.54. The summed E-state index contributed by atoms with van der Waals surface area (Å²) in [5, 5.41) is 6.62. The molecule has 0 aromatic carbocycles. The molecule has 68 valence electrons. The van der Waals surface area contributed by atoms with Gasteiger partial charge < -0.3 is 10.6 Å². The van der Waals surface area contributed by atoms with Gasteiger partial charge in [-0.15, -0.1) is 6.42 Å². The summed E-state index contributed by atoms with van der Waals surface area (Å²) in [6, 6.07) is 0. The van der Waals surface area contributed by atoms with E-state index >= 15 is 0 Å². The third-order valence-corrected chi connectivity index (χ3v) is 1.39. The van der Waals surface area contributed by atoms with Gasteiger partial charge in [-0.3, -0.25) is 4.79 Å². The largest absolute Gasteiger partial charge is 0.379 e. The second kappa shape index (κ2) is 3.58. The molecule has 0 fully saturated rings. The molecule has 0 saturated heterocycles. The number of aromatic nitrogens is 2. The Kier molecular flexibility index (Phi) is 2.50. The Morgan fingerprint density at radius 1 is 1.77 bits per heavy atom. The minimum absolute atomic E-state index is 0.0160. The zero-order valence-corrected chi connectivity index (χ0v) is 7.02. The van der Waals surface area contributed by atoms with Crippen LogP contribution in [-0.4, -0.2) is 34.7 Å². The third-order valence-electron chi connectivity index (χ3n) is 1.39. The van der Waals surface area contributed by atoms with Crippen LogP contribution in [0.25, 0.3) is 0 Å². The quantitative estimate of drug-likeness (QED) is 0.611. The second-order valence-corrected chi connectivity index (χ2v) is 2.36. The van der Waals surface area contributed by atoms with Crippen LogP contribution in [0.15, 0.2) is 4.63 Å². The molecule has 13 heavy (non-hydrogen) atoms. The Labute approximate surface area is 74.7 Å². The smallest absolute Gasteiger partial charge is 0.280 e. The predicted molar refractivity (Wildman–Crippen MR) is 44.5 cm³/mol. The van der Waals surface area contributed by atoms with Crippen LogP contribution in [0.5, 0.6) is 0 Å². The number of terminal acetylenes is 1. The van der Waals surface area contributed by atoms with Gasteiger partial charge >= 0.3 is 0 Å². The van der Waals surface area contributed by atoms with Crippen molar-refractivity contribution in [1.82, 2.24) is 15.2 Å². The van der Waals surface area contributed by atoms with Crippen molar-refractivity contribution in [3.63, 3.8) is 0 Å². The number of amides is 1. The lowest BCUT2D eigenvalue weighted by Crippen LogP contribution is -2.27. The molecule has 0 atom stereocenters. The fraction of sp³-hybridized carbons (Fsp3) is 0.286. The van der Waals surface area contributed by atoms with Crippen molar-refractivity contribution in [3.05, 3.63) is 5.69 Å². The summed E-state index contributed by atoms with van der Waals surface area (Å²) in [5.41, 5.74) is 5.29. The zero-order chi connectivity index (χ0) is 9.84. The van der Waals surface area contributed by atoms with Crippen molar-refractivity contribution in [2.45, 2.75) is 0 Å². The summed E-state index contributed by atoms with van der Waals surface area (Å²) < 4.78 is 4.27. The van der Waals surface area contributed by atoms with Crippen LogP contribution >= 0.6 is 0 Å². The van der Waals surface area contributed by atoms with Crippen molar-refractivity contribution >= 4 is 11.7 Å². The Morgan fingerprint density at radius 3 is 2.92 bits per heavy atom. The van der Waals surface area contributed by atoms with Gasteiger partial charge in [-0.05, 0) is 10.3 Å². The average Bonchev–Trinajstić information content (AvgIpc) is 2.50. The highest BCUT2D eigenvalue weighted by Crippen LogP contribution is 2.06. The summed E-state index contributed by atoms with van der Waals surface area (Å²) in [6.45, 7) is 0.186. The van der Waals surface area contributed by atoms with Crippen LogP contribution in [0.3, 0.4) is 0 Å². The first-order chi connectivity index (χ1) is 6.16. The normalized spacial score (nSPS) is 9.23. The number of nitrogen functional groups attached to an aromatic ring is 1. The minimum Gasteiger partial charge on any atom is -0.379 e. The number of nitrogens with zero attached hydrogens (tertiary/aromatic N) is 3. The first-order valence-corrected chi connectivity index (χ1v) is 3.43. The van der Waals surface area contributed by atoms with Gasteiger partial charge in [0.25, 0.3) is 5.91 Å². The highest BCUT2D eigenvalue weighted by Gasteiger charge is 2.18. The zero-order valence-electron chi connectivity index (χ0n) is 7.02. The molecule has 0 saturated carbocycles. The molecule has 0 aliphatic heterocycles. The Hall–Kier alpha value is -2.03. The first kappa shape index (κ1) is 9.06. The molecule has 2 N–H and O–H groups in total. The molecule has 6 heteroatoms. The van der Waals surface area contributed by atoms with E-state index in [1.54, 1.807) is 0 Å². The molecule has 1 heterocycles. The van der Waals surface area contributed by atoms with Gasteiger partial charge in [0.2, 0.25) is 11.5 Å². The van der Waals surface area contributed by atoms with E-state index in [1.807, 2.05) is 0 Å². The SMILES string of the molecule is C#CCN(C)C(=O)c1nonc1N. The van der Waals surface area contributed by atoms with Crippen molar-refractivity contribution in [2.75, 3.05) is 19.3 Å². The van der Waals surface area contributed by atoms with Gasteiger partial charge in [0, 0.05) is 7.05 Å². The summed E-state index contributed by atoms with van der Waals surface area (Å²) in [5.74, 6) is 1.88. The molecule has 6 nitrogen and oxygen atoms in total. The number of carbonyl (C=O) groups is 1. The summed E-state index contributed by atoms with van der Waals surface area (Å²) in [4.78, 5) is 12.7. The lowest BCUT2D eigenvalue weighted by molar-refractivity contribution is 0.0802. The Bertz CT molecular complexity index is 352. The molecule has 1 aromatic rings. The van der Waals surface area contributed by atoms with Crippen LogP contribution in [0, 0.1) is 12.3 Å². The van der Waals surface area contributed by atoms with E-state index in [-0.39, 0.29) is 18.1 Å². The molecule has 0 bridgehead atoms. The van der Waals surface area contributed by atoms with E-state index in [9.17, 15) is 4.79 Å². The molecule has 1 amide bonds. The monoisotopic (exact) mass is 180 g/mol. The van der Waals surface area contributed by atoms with E-state index in [2.05, 4.69) is 20.9 Å². The van der Waals surface area contributed by atoms with Gasteiger partial charge in [0.15, 0.2) is 0 Å². The minimum atomic E-state index is -0.406. The molecule has 1 rings (SSSR count). The number of hydrogen-bond acceptors (Lipinski definition) is 5. The fourth-order valence-electron chi connectivity index (χ4n) is 0.733. The first-order valence-electron chi connectivity index (χ1n) is 3.43. The van der Waals surface area contributed by atoms with Crippen LogP contribution in [0.4, 0.5) is 5.82 Å². The van der Waals surface area contributed by atoms with Gasteiger partial charge in [-0.2, -0.15) is 0 Å². The lowest BCUT2D eigenvalue weighted by atomic mass is 10.4. The van der Waals surface area contributed by atoms with E-state index < -0.39 is 5.91 Å². The number of anilines is 1. The Balaban J connectivity index is 2.81. The molecule has 0 unspecified atom stereocenters. The number of hydrogen-bond donors (Lipinski definition) is 1. The standard InChI is InChI=1S/C7H8N4O2/c1-3-4-11(2)7(12)5-6(8)10-13-9-5/h1H,4H2,2H3,(H2,8,10). The summed E-state index contributed by atoms with van der Waals surface area (Å²) in [6.07, 6.45) is 5.02. The number of rotatable bonds is 2. The molecule has 1 aromatic heterocycles. The van der Waals surface area contributed by atoms with Crippen molar-refractivity contribution < 1.29 is 9.42 Å². The third kappa shape index (κ3) is 1.76. The van der Waals surface area contributed by atoms with Gasteiger partial charge in [-0.1, -0.05) is 5.92 Å². The second-order valence-electron chi connectivity index (χ2n) is 2.36. The van der Waals surface area contributed by atoms with Gasteiger partial charge in [-0.25, -0.2) is 4.63 Å². The van der Waals surface area contributed by atoms with E-state index in [0.717, 1.165) is 0 Å². The maximum Gasteiger partial charge on any atom is 0.280 e. The average molecular weight is 180 g/mol. The van der Waals surface area contributed by atoms with Gasteiger partial charge in [0.05, 0.1) is 6.54 Å². The summed E-state index contributed by atoms with van der Waals surface area (Å²) >= 11 is 0.